The van der Waals surface area contributed by atoms with Gasteiger partial charge in [-0.05, 0) is 44.0 Å². The Morgan fingerprint density at radius 2 is 1.89 bits per heavy atom. The highest BCUT2D eigenvalue weighted by Crippen LogP contribution is 2.26. The lowest BCUT2D eigenvalue weighted by molar-refractivity contribution is -0.119. The summed E-state index contributed by atoms with van der Waals surface area (Å²) < 4.78 is 2.04. The second kappa shape index (κ2) is 9.26. The molecule has 1 heterocycles. The number of nitrogens with one attached hydrogen (secondary N) is 1. The minimum absolute atomic E-state index is 0.0458. The minimum Gasteiger partial charge on any atom is -0.349 e. The van der Waals surface area contributed by atoms with Crippen molar-refractivity contribution in [3.05, 3.63) is 64.7 Å². The quantitative estimate of drug-likeness (QED) is 0.559. The van der Waals surface area contributed by atoms with Gasteiger partial charge in [0.05, 0.1) is 11.8 Å². The van der Waals surface area contributed by atoms with E-state index >= 15 is 0 Å². The van der Waals surface area contributed by atoms with Crippen LogP contribution >= 0.6 is 23.4 Å². The van der Waals surface area contributed by atoms with Crippen molar-refractivity contribution in [2.24, 2.45) is 0 Å². The van der Waals surface area contributed by atoms with Crippen molar-refractivity contribution in [3.8, 4) is 11.4 Å². The van der Waals surface area contributed by atoms with Gasteiger partial charge in [0.25, 0.3) is 0 Å². The topological polar surface area (TPSA) is 59.8 Å². The molecule has 3 rings (SSSR count). The number of benzene rings is 2. The summed E-state index contributed by atoms with van der Waals surface area (Å²) >= 11 is 7.32. The number of nitrogens with zero attached hydrogens (tertiary/aromatic N) is 3. The summed E-state index contributed by atoms with van der Waals surface area (Å²) in [6.45, 7) is 6.80. The third-order valence-electron chi connectivity index (χ3n) is 4.50. The largest absolute Gasteiger partial charge is 0.349 e. The van der Waals surface area contributed by atoms with Crippen molar-refractivity contribution >= 4 is 29.3 Å². The first-order valence-electron chi connectivity index (χ1n) is 9.16. The first kappa shape index (κ1) is 20.4. The normalized spacial score (nSPS) is 12.0. The first-order valence-corrected chi connectivity index (χ1v) is 10.5. The molecule has 1 amide bonds. The molecule has 3 aromatic rings. The average molecular weight is 415 g/mol. The van der Waals surface area contributed by atoms with E-state index in [0.29, 0.717) is 5.02 Å². The van der Waals surface area contributed by atoms with Gasteiger partial charge >= 0.3 is 0 Å². The molecule has 0 bridgehead atoms. The van der Waals surface area contributed by atoms with E-state index < -0.39 is 0 Å². The van der Waals surface area contributed by atoms with Gasteiger partial charge in [0, 0.05) is 17.1 Å². The monoisotopic (exact) mass is 414 g/mol. The minimum atomic E-state index is -0.0862. The molecular weight excluding hydrogens is 392 g/mol. The Balaban J connectivity index is 1.65. The van der Waals surface area contributed by atoms with Crippen molar-refractivity contribution in [3.63, 3.8) is 0 Å². The van der Waals surface area contributed by atoms with Gasteiger partial charge in [0.2, 0.25) is 5.91 Å². The summed E-state index contributed by atoms with van der Waals surface area (Å²) in [7, 11) is 0. The van der Waals surface area contributed by atoms with Crippen LogP contribution in [0.25, 0.3) is 11.4 Å². The molecule has 5 nitrogen and oxygen atoms in total. The number of halogens is 1. The number of carbonyl (C=O) groups is 1. The van der Waals surface area contributed by atoms with Crippen LogP contribution in [0.2, 0.25) is 5.02 Å². The van der Waals surface area contributed by atoms with Crippen LogP contribution in [-0.4, -0.2) is 26.4 Å². The van der Waals surface area contributed by atoms with Crippen LogP contribution in [0.3, 0.4) is 0 Å². The van der Waals surface area contributed by atoms with Crippen LogP contribution in [0, 0.1) is 6.92 Å². The highest BCUT2D eigenvalue weighted by atomic mass is 35.5. The number of carbonyl (C=O) groups excluding carboxylic acids is 1. The lowest BCUT2D eigenvalue weighted by Gasteiger charge is -2.14. The van der Waals surface area contributed by atoms with Crippen molar-refractivity contribution in [2.75, 3.05) is 5.75 Å². The zero-order valence-electron chi connectivity index (χ0n) is 16.1. The van der Waals surface area contributed by atoms with Crippen LogP contribution in [0.1, 0.15) is 31.0 Å². The molecule has 1 atom stereocenters. The number of aryl methyl sites for hydroxylation is 1. The van der Waals surface area contributed by atoms with Gasteiger partial charge in [0.1, 0.15) is 0 Å². The van der Waals surface area contributed by atoms with Gasteiger partial charge in [-0.25, -0.2) is 0 Å². The molecule has 0 saturated carbocycles. The van der Waals surface area contributed by atoms with Crippen LogP contribution < -0.4 is 5.32 Å². The van der Waals surface area contributed by atoms with Gasteiger partial charge in [-0.2, -0.15) is 0 Å². The van der Waals surface area contributed by atoms with E-state index in [0.717, 1.165) is 34.2 Å². The zero-order chi connectivity index (χ0) is 20.1. The highest BCUT2D eigenvalue weighted by Gasteiger charge is 2.16. The number of hydrogen-bond donors (Lipinski definition) is 1. The van der Waals surface area contributed by atoms with E-state index in [9.17, 15) is 4.79 Å². The third-order valence-corrected chi connectivity index (χ3v) is 5.72. The molecule has 0 saturated heterocycles. The predicted molar refractivity (Wildman–Crippen MR) is 115 cm³/mol. The number of rotatable bonds is 7. The fraction of sp³-hybridized carbons (Fsp3) is 0.286. The molecule has 0 aliphatic carbocycles. The second-order valence-electron chi connectivity index (χ2n) is 6.49. The summed E-state index contributed by atoms with van der Waals surface area (Å²) in [6.07, 6.45) is 0. The first-order chi connectivity index (χ1) is 13.5. The zero-order valence-corrected chi connectivity index (χ0v) is 17.7. The SMILES string of the molecule is CCn1c(SCC(=O)NC(C)c2ccc(Cl)cc2)nnc1-c1ccccc1C. The molecule has 1 unspecified atom stereocenters. The van der Waals surface area contributed by atoms with Gasteiger partial charge in [-0.15, -0.1) is 10.2 Å². The number of aromatic nitrogens is 3. The van der Waals surface area contributed by atoms with Gasteiger partial charge in [0.15, 0.2) is 11.0 Å². The number of hydrogen-bond acceptors (Lipinski definition) is 4. The van der Waals surface area contributed by atoms with Crippen LogP contribution in [0.15, 0.2) is 53.7 Å². The smallest absolute Gasteiger partial charge is 0.230 e. The van der Waals surface area contributed by atoms with E-state index in [1.165, 1.54) is 11.8 Å². The fourth-order valence-electron chi connectivity index (χ4n) is 2.95. The van der Waals surface area contributed by atoms with Crippen molar-refractivity contribution in [1.29, 1.82) is 0 Å². The predicted octanol–water partition coefficient (Wildman–Crippen LogP) is 4.90. The molecule has 0 aliphatic heterocycles. The maximum absolute atomic E-state index is 12.4. The van der Waals surface area contributed by atoms with E-state index in [-0.39, 0.29) is 17.7 Å². The summed E-state index contributed by atoms with van der Waals surface area (Å²) in [5, 5.41) is 13.1. The Morgan fingerprint density at radius 3 is 2.57 bits per heavy atom. The molecule has 146 valence electrons. The Labute approximate surface area is 174 Å². The molecule has 1 aromatic heterocycles. The van der Waals surface area contributed by atoms with Crippen molar-refractivity contribution < 1.29 is 4.79 Å². The molecule has 0 aliphatic rings. The molecule has 0 fully saturated rings. The molecule has 0 radical (unpaired) electrons. The van der Waals surface area contributed by atoms with Gasteiger partial charge in [-0.3, -0.25) is 4.79 Å². The van der Waals surface area contributed by atoms with Gasteiger partial charge < -0.3 is 9.88 Å². The summed E-state index contributed by atoms with van der Waals surface area (Å²) in [6, 6.07) is 15.5. The lowest BCUT2D eigenvalue weighted by Crippen LogP contribution is -2.28. The molecule has 28 heavy (non-hydrogen) atoms. The molecule has 7 heteroatoms. The van der Waals surface area contributed by atoms with Crippen molar-refractivity contribution in [2.45, 2.75) is 38.5 Å². The number of thioether (sulfide) groups is 1. The van der Waals surface area contributed by atoms with E-state index in [1.54, 1.807) is 0 Å². The standard InChI is InChI=1S/C21H23ClN4OS/c1-4-26-20(18-8-6-5-7-14(18)2)24-25-21(26)28-13-19(27)23-15(3)16-9-11-17(22)12-10-16/h5-12,15H,4,13H2,1-3H3,(H,23,27). The Morgan fingerprint density at radius 1 is 1.18 bits per heavy atom. The van der Waals surface area contributed by atoms with Crippen LogP contribution in [0.4, 0.5) is 0 Å². The van der Waals surface area contributed by atoms with Crippen LogP contribution in [0.5, 0.6) is 0 Å². The van der Waals surface area contributed by atoms with Crippen molar-refractivity contribution in [1.82, 2.24) is 20.1 Å². The molecular formula is C21H23ClN4OS. The third kappa shape index (κ3) is 4.75. The van der Waals surface area contributed by atoms with E-state index in [2.05, 4.69) is 35.4 Å². The molecule has 2 aromatic carbocycles. The second-order valence-corrected chi connectivity index (χ2v) is 7.87. The Hall–Kier alpha value is -2.31. The fourth-order valence-corrected chi connectivity index (χ4v) is 3.89. The lowest BCUT2D eigenvalue weighted by atomic mass is 10.1. The Bertz CT molecular complexity index is 955. The Kier molecular flexibility index (Phi) is 6.75. The van der Waals surface area contributed by atoms with Gasteiger partial charge in [-0.1, -0.05) is 59.8 Å². The summed E-state index contributed by atoms with van der Waals surface area (Å²) in [5.41, 5.74) is 3.22. The highest BCUT2D eigenvalue weighted by molar-refractivity contribution is 7.99. The van der Waals surface area contributed by atoms with E-state index in [4.69, 9.17) is 11.6 Å². The van der Waals surface area contributed by atoms with Crippen LogP contribution in [-0.2, 0) is 11.3 Å². The maximum atomic E-state index is 12.4. The summed E-state index contributed by atoms with van der Waals surface area (Å²) in [5.74, 6) is 1.07. The number of amides is 1. The van der Waals surface area contributed by atoms with E-state index in [1.807, 2.05) is 54.0 Å². The average Bonchev–Trinajstić information content (AvgIpc) is 3.10. The summed E-state index contributed by atoms with van der Waals surface area (Å²) in [4.78, 5) is 12.4. The molecule has 1 N–H and O–H groups in total. The maximum Gasteiger partial charge on any atom is 0.230 e. The molecule has 0 spiro atoms.